The molecule has 18 heavy (non-hydrogen) atoms. The Bertz CT molecular complexity index is 400. The fourth-order valence-corrected chi connectivity index (χ4v) is 2.76. The normalized spacial score (nSPS) is 20.6. The number of hydrogen-bond donors (Lipinski definition) is 0. The van der Waals surface area contributed by atoms with E-state index in [0.717, 1.165) is 29.4 Å². The maximum atomic E-state index is 5.23. The Morgan fingerprint density at radius 1 is 1.44 bits per heavy atom. The van der Waals surface area contributed by atoms with Crippen molar-refractivity contribution < 1.29 is 4.74 Å². The summed E-state index contributed by atoms with van der Waals surface area (Å²) in [6, 6.07) is 0. The first-order chi connectivity index (χ1) is 8.74. The maximum Gasteiger partial charge on any atom is 0.232 e. The minimum Gasteiger partial charge on any atom is -0.480 e. The molecule has 1 aromatic heterocycles. The van der Waals surface area contributed by atoms with Crippen LogP contribution < -0.4 is 9.64 Å². The van der Waals surface area contributed by atoms with Gasteiger partial charge in [-0.15, -0.1) is 0 Å². The molecule has 0 aromatic carbocycles. The minimum absolute atomic E-state index is 0.608. The molecular weight excluding hydrogens is 294 g/mol. The molecule has 0 amide bonds. The average Bonchev–Trinajstić information content (AvgIpc) is 2.64. The van der Waals surface area contributed by atoms with Crippen LogP contribution in [0.25, 0.3) is 0 Å². The summed E-state index contributed by atoms with van der Waals surface area (Å²) in [5.41, 5.74) is 0. The van der Waals surface area contributed by atoms with E-state index in [0.29, 0.717) is 5.88 Å². The number of aromatic nitrogens is 2. The number of hydrogen-bond acceptors (Lipinski definition) is 4. The van der Waals surface area contributed by atoms with E-state index in [-0.39, 0.29) is 0 Å². The SMILES string of the molecule is CCC1CCCN(c2ncc(Br)c(OC)n2)CC1. The molecule has 0 bridgehead atoms. The lowest BCUT2D eigenvalue weighted by atomic mass is 9.98. The first kappa shape index (κ1) is 13.6. The molecule has 1 saturated heterocycles. The van der Waals surface area contributed by atoms with Gasteiger partial charge in [-0.2, -0.15) is 4.98 Å². The highest BCUT2D eigenvalue weighted by Gasteiger charge is 2.18. The molecule has 1 aromatic rings. The summed E-state index contributed by atoms with van der Waals surface area (Å²) >= 11 is 3.38. The summed E-state index contributed by atoms with van der Waals surface area (Å²) in [5.74, 6) is 2.25. The van der Waals surface area contributed by atoms with Gasteiger partial charge >= 0.3 is 0 Å². The van der Waals surface area contributed by atoms with Crippen LogP contribution in [0, 0.1) is 5.92 Å². The highest BCUT2D eigenvalue weighted by Crippen LogP contribution is 2.26. The van der Waals surface area contributed by atoms with Crippen LogP contribution in [0.1, 0.15) is 32.6 Å². The average molecular weight is 314 g/mol. The van der Waals surface area contributed by atoms with Crippen LogP contribution in [0.2, 0.25) is 0 Å². The third-order valence-corrected chi connectivity index (χ3v) is 4.14. The van der Waals surface area contributed by atoms with Crippen molar-refractivity contribution in [1.82, 2.24) is 9.97 Å². The van der Waals surface area contributed by atoms with Gasteiger partial charge in [0, 0.05) is 13.1 Å². The Hall–Kier alpha value is -0.840. The van der Waals surface area contributed by atoms with Gasteiger partial charge in [0.25, 0.3) is 0 Å². The second-order valence-electron chi connectivity index (χ2n) is 4.72. The predicted octanol–water partition coefficient (Wildman–Crippen LogP) is 3.26. The molecule has 5 heteroatoms. The molecule has 1 unspecified atom stereocenters. The van der Waals surface area contributed by atoms with E-state index in [4.69, 9.17) is 4.74 Å². The zero-order chi connectivity index (χ0) is 13.0. The van der Waals surface area contributed by atoms with Crippen molar-refractivity contribution >= 4 is 21.9 Å². The Labute approximate surface area is 117 Å². The molecule has 0 saturated carbocycles. The van der Waals surface area contributed by atoms with Crippen LogP contribution in [0.4, 0.5) is 5.95 Å². The van der Waals surface area contributed by atoms with Gasteiger partial charge in [-0.3, -0.25) is 0 Å². The number of ether oxygens (including phenoxy) is 1. The van der Waals surface area contributed by atoms with E-state index in [2.05, 4.69) is 37.7 Å². The number of halogens is 1. The van der Waals surface area contributed by atoms with E-state index >= 15 is 0 Å². The number of rotatable bonds is 3. The van der Waals surface area contributed by atoms with Gasteiger partial charge < -0.3 is 9.64 Å². The zero-order valence-corrected chi connectivity index (χ0v) is 12.6. The second kappa shape index (κ2) is 6.36. The third-order valence-electron chi connectivity index (χ3n) is 3.60. The van der Waals surface area contributed by atoms with Gasteiger partial charge in [-0.25, -0.2) is 4.98 Å². The standard InChI is InChI=1S/C13H20BrN3O/c1-3-10-5-4-7-17(8-6-10)13-15-9-11(14)12(16-13)18-2/h9-10H,3-8H2,1-2H3. The highest BCUT2D eigenvalue weighted by molar-refractivity contribution is 9.10. The smallest absolute Gasteiger partial charge is 0.232 e. The molecule has 1 atom stereocenters. The van der Waals surface area contributed by atoms with Crippen LogP contribution in [-0.2, 0) is 0 Å². The van der Waals surface area contributed by atoms with Gasteiger partial charge in [-0.1, -0.05) is 13.3 Å². The summed E-state index contributed by atoms with van der Waals surface area (Å²) in [6.45, 7) is 4.37. The molecule has 1 fully saturated rings. The number of methoxy groups -OCH3 is 1. The second-order valence-corrected chi connectivity index (χ2v) is 5.57. The van der Waals surface area contributed by atoms with Crippen LogP contribution in [-0.4, -0.2) is 30.2 Å². The molecular formula is C13H20BrN3O. The molecule has 0 spiro atoms. The topological polar surface area (TPSA) is 38.2 Å². The van der Waals surface area contributed by atoms with E-state index in [1.165, 1.54) is 25.7 Å². The Kier molecular flexibility index (Phi) is 4.80. The van der Waals surface area contributed by atoms with Crippen LogP contribution in [0.3, 0.4) is 0 Å². The first-order valence-electron chi connectivity index (χ1n) is 6.56. The summed E-state index contributed by atoms with van der Waals surface area (Å²) in [5, 5.41) is 0. The lowest BCUT2D eigenvalue weighted by molar-refractivity contribution is 0.393. The maximum absolute atomic E-state index is 5.23. The fraction of sp³-hybridized carbons (Fsp3) is 0.692. The van der Waals surface area contributed by atoms with Crippen molar-refractivity contribution in [3.8, 4) is 5.88 Å². The summed E-state index contributed by atoms with van der Waals surface area (Å²) < 4.78 is 6.03. The monoisotopic (exact) mass is 313 g/mol. The summed E-state index contributed by atoms with van der Waals surface area (Å²) in [7, 11) is 1.63. The van der Waals surface area contributed by atoms with E-state index in [1.807, 2.05) is 0 Å². The van der Waals surface area contributed by atoms with Gasteiger partial charge in [0.15, 0.2) is 0 Å². The number of anilines is 1. The molecule has 0 aliphatic carbocycles. The van der Waals surface area contributed by atoms with Gasteiger partial charge in [-0.05, 0) is 41.1 Å². The minimum atomic E-state index is 0.608. The van der Waals surface area contributed by atoms with E-state index in [1.54, 1.807) is 13.3 Å². The fourth-order valence-electron chi connectivity index (χ4n) is 2.41. The summed E-state index contributed by atoms with van der Waals surface area (Å²) in [4.78, 5) is 11.1. The molecule has 4 nitrogen and oxygen atoms in total. The van der Waals surface area contributed by atoms with Crippen LogP contribution >= 0.6 is 15.9 Å². The molecule has 1 aliphatic heterocycles. The third kappa shape index (κ3) is 3.13. The Morgan fingerprint density at radius 3 is 3.00 bits per heavy atom. The van der Waals surface area contributed by atoms with Crippen LogP contribution in [0.15, 0.2) is 10.7 Å². The molecule has 0 radical (unpaired) electrons. The Morgan fingerprint density at radius 2 is 2.28 bits per heavy atom. The molecule has 100 valence electrons. The molecule has 0 N–H and O–H groups in total. The molecule has 1 aliphatic rings. The molecule has 2 rings (SSSR count). The van der Waals surface area contributed by atoms with Gasteiger partial charge in [0.2, 0.25) is 11.8 Å². The van der Waals surface area contributed by atoms with E-state index < -0.39 is 0 Å². The molecule has 2 heterocycles. The van der Waals surface area contributed by atoms with Crippen molar-refractivity contribution in [2.45, 2.75) is 32.6 Å². The highest BCUT2D eigenvalue weighted by atomic mass is 79.9. The summed E-state index contributed by atoms with van der Waals surface area (Å²) in [6.07, 6.45) is 6.82. The van der Waals surface area contributed by atoms with Gasteiger partial charge in [0.05, 0.1) is 17.8 Å². The van der Waals surface area contributed by atoms with Crippen molar-refractivity contribution in [3.63, 3.8) is 0 Å². The van der Waals surface area contributed by atoms with Gasteiger partial charge in [0.1, 0.15) is 0 Å². The van der Waals surface area contributed by atoms with Crippen molar-refractivity contribution in [2.75, 3.05) is 25.1 Å². The Balaban J connectivity index is 2.11. The number of nitrogens with zero attached hydrogens (tertiary/aromatic N) is 3. The lowest BCUT2D eigenvalue weighted by Gasteiger charge is -2.20. The lowest BCUT2D eigenvalue weighted by Crippen LogP contribution is -2.26. The zero-order valence-electron chi connectivity index (χ0n) is 11.0. The quantitative estimate of drug-likeness (QED) is 0.858. The van der Waals surface area contributed by atoms with Crippen molar-refractivity contribution in [3.05, 3.63) is 10.7 Å². The van der Waals surface area contributed by atoms with Crippen molar-refractivity contribution in [1.29, 1.82) is 0 Å². The first-order valence-corrected chi connectivity index (χ1v) is 7.35. The van der Waals surface area contributed by atoms with Crippen LogP contribution in [0.5, 0.6) is 5.88 Å². The largest absolute Gasteiger partial charge is 0.480 e. The van der Waals surface area contributed by atoms with E-state index in [9.17, 15) is 0 Å². The predicted molar refractivity (Wildman–Crippen MR) is 76.1 cm³/mol. The van der Waals surface area contributed by atoms with Crippen molar-refractivity contribution in [2.24, 2.45) is 5.92 Å².